The quantitative estimate of drug-likeness (QED) is 0.913. The molecule has 2 rings (SSSR count). The summed E-state index contributed by atoms with van der Waals surface area (Å²) in [7, 11) is 1.80. The summed E-state index contributed by atoms with van der Waals surface area (Å²) in [5.74, 6) is 0. The Bertz CT molecular complexity index is 662. The Hall–Kier alpha value is -1.69. The normalized spacial score (nSPS) is 11.8. The lowest BCUT2D eigenvalue weighted by Gasteiger charge is -2.15. The number of hydrogen-bond acceptors (Lipinski definition) is 2. The van der Waals surface area contributed by atoms with Crippen molar-refractivity contribution in [2.45, 2.75) is 26.6 Å². The molecule has 0 atom stereocenters. The second-order valence-corrected chi connectivity index (χ2v) is 5.25. The molecule has 0 bridgehead atoms. The largest absolute Gasteiger partial charge is 0.418 e. The van der Waals surface area contributed by atoms with Crippen LogP contribution in [0.4, 0.5) is 18.9 Å². The minimum absolute atomic E-state index is 0.00885. The van der Waals surface area contributed by atoms with Gasteiger partial charge in [0.05, 0.1) is 11.3 Å². The molecule has 0 radical (unpaired) electrons. The maximum absolute atomic E-state index is 13.0. The smallest absolute Gasteiger partial charge is 0.380 e. The van der Waals surface area contributed by atoms with Gasteiger partial charge < -0.3 is 5.32 Å². The molecule has 0 fully saturated rings. The summed E-state index contributed by atoms with van der Waals surface area (Å²) >= 11 is 5.65. The minimum Gasteiger partial charge on any atom is -0.380 e. The van der Waals surface area contributed by atoms with E-state index in [1.54, 1.807) is 11.7 Å². The molecule has 3 nitrogen and oxygen atoms in total. The van der Waals surface area contributed by atoms with E-state index >= 15 is 0 Å². The number of hydrogen-bond donors (Lipinski definition) is 1. The zero-order valence-corrected chi connectivity index (χ0v) is 12.6. The van der Waals surface area contributed by atoms with E-state index in [1.165, 1.54) is 12.1 Å². The number of benzene rings is 1. The predicted octanol–water partition coefficient (Wildman–Crippen LogP) is 4.32. The van der Waals surface area contributed by atoms with Crippen LogP contribution in [0.2, 0.25) is 5.02 Å². The molecule has 7 heteroatoms. The molecule has 0 saturated carbocycles. The zero-order chi connectivity index (χ0) is 15.8. The van der Waals surface area contributed by atoms with Gasteiger partial charge in [-0.25, -0.2) is 0 Å². The fourth-order valence-corrected chi connectivity index (χ4v) is 2.33. The first-order valence-corrected chi connectivity index (χ1v) is 6.67. The summed E-state index contributed by atoms with van der Waals surface area (Å²) in [6.45, 7) is 3.98. The van der Waals surface area contributed by atoms with E-state index in [2.05, 4.69) is 10.4 Å². The Kier molecular flexibility index (Phi) is 4.18. The summed E-state index contributed by atoms with van der Waals surface area (Å²) in [6, 6.07) is 3.70. The lowest BCUT2D eigenvalue weighted by atomic mass is 10.1. The van der Waals surface area contributed by atoms with Crippen molar-refractivity contribution in [2.24, 2.45) is 7.05 Å². The lowest BCUT2D eigenvalue weighted by Crippen LogP contribution is -2.11. The van der Waals surface area contributed by atoms with Crippen LogP contribution in [-0.2, 0) is 19.8 Å². The average Bonchev–Trinajstić information content (AvgIpc) is 2.61. The Balaban J connectivity index is 2.28. The van der Waals surface area contributed by atoms with E-state index in [4.69, 9.17) is 11.6 Å². The topological polar surface area (TPSA) is 29.9 Å². The molecule has 1 heterocycles. The maximum Gasteiger partial charge on any atom is 0.418 e. The number of halogens is 4. The number of nitrogens with zero attached hydrogens (tertiary/aromatic N) is 2. The molecule has 0 unspecified atom stereocenters. The van der Waals surface area contributed by atoms with E-state index in [-0.39, 0.29) is 17.3 Å². The van der Waals surface area contributed by atoms with E-state index < -0.39 is 11.7 Å². The number of alkyl halides is 3. The molecule has 1 aromatic heterocycles. The van der Waals surface area contributed by atoms with Crippen molar-refractivity contribution in [1.29, 1.82) is 0 Å². The Morgan fingerprint density at radius 2 is 1.95 bits per heavy atom. The zero-order valence-electron chi connectivity index (χ0n) is 11.8. The van der Waals surface area contributed by atoms with Crippen LogP contribution in [0.1, 0.15) is 22.5 Å². The fourth-order valence-electron chi connectivity index (χ4n) is 2.16. The highest BCUT2D eigenvalue weighted by Crippen LogP contribution is 2.36. The van der Waals surface area contributed by atoms with Crippen LogP contribution in [0.3, 0.4) is 0 Å². The van der Waals surface area contributed by atoms with Gasteiger partial charge in [0.25, 0.3) is 0 Å². The lowest BCUT2D eigenvalue weighted by molar-refractivity contribution is -0.136. The minimum atomic E-state index is -4.45. The summed E-state index contributed by atoms with van der Waals surface area (Å²) < 4.78 is 40.7. The van der Waals surface area contributed by atoms with Crippen LogP contribution < -0.4 is 5.32 Å². The van der Waals surface area contributed by atoms with Gasteiger partial charge in [0.1, 0.15) is 0 Å². The van der Waals surface area contributed by atoms with Crippen molar-refractivity contribution in [3.05, 3.63) is 45.7 Å². The molecular weight excluding hydrogens is 303 g/mol. The first-order chi connectivity index (χ1) is 9.70. The number of anilines is 1. The third kappa shape index (κ3) is 3.32. The second kappa shape index (κ2) is 5.60. The molecule has 0 amide bonds. The Morgan fingerprint density at radius 1 is 1.29 bits per heavy atom. The number of rotatable bonds is 3. The second-order valence-electron chi connectivity index (χ2n) is 4.81. The van der Waals surface area contributed by atoms with Crippen molar-refractivity contribution in [1.82, 2.24) is 9.78 Å². The Morgan fingerprint density at radius 3 is 2.48 bits per heavy atom. The highest BCUT2D eigenvalue weighted by molar-refractivity contribution is 6.30. The van der Waals surface area contributed by atoms with Crippen molar-refractivity contribution >= 4 is 17.3 Å². The van der Waals surface area contributed by atoms with Gasteiger partial charge in [0, 0.05) is 35.6 Å². The monoisotopic (exact) mass is 317 g/mol. The third-order valence-electron chi connectivity index (χ3n) is 3.40. The van der Waals surface area contributed by atoms with Crippen LogP contribution >= 0.6 is 11.6 Å². The van der Waals surface area contributed by atoms with E-state index in [0.29, 0.717) is 0 Å². The molecule has 21 heavy (non-hydrogen) atoms. The van der Waals surface area contributed by atoms with Gasteiger partial charge in [0.2, 0.25) is 0 Å². The fraction of sp³-hybridized carbons (Fsp3) is 0.357. The highest BCUT2D eigenvalue weighted by Gasteiger charge is 2.33. The highest BCUT2D eigenvalue weighted by atomic mass is 35.5. The molecule has 1 N–H and O–H groups in total. The molecule has 0 aliphatic carbocycles. The van der Waals surface area contributed by atoms with Crippen LogP contribution in [0, 0.1) is 13.8 Å². The molecule has 0 spiro atoms. The van der Waals surface area contributed by atoms with Gasteiger partial charge in [-0.15, -0.1) is 0 Å². The SMILES string of the molecule is Cc1nn(C)c(C)c1CNc1ccc(Cl)cc1C(F)(F)F. The molecular formula is C14H15ClF3N3. The van der Waals surface area contributed by atoms with Gasteiger partial charge in [0.15, 0.2) is 0 Å². The Labute approximate surface area is 125 Å². The van der Waals surface area contributed by atoms with Gasteiger partial charge >= 0.3 is 6.18 Å². The van der Waals surface area contributed by atoms with Crippen molar-refractivity contribution < 1.29 is 13.2 Å². The summed E-state index contributed by atoms with van der Waals surface area (Å²) in [5, 5.41) is 7.12. The van der Waals surface area contributed by atoms with E-state index in [9.17, 15) is 13.2 Å². The first kappa shape index (κ1) is 15.7. The summed E-state index contributed by atoms with van der Waals surface area (Å²) in [4.78, 5) is 0. The number of aromatic nitrogens is 2. The van der Waals surface area contributed by atoms with Crippen molar-refractivity contribution in [2.75, 3.05) is 5.32 Å². The van der Waals surface area contributed by atoms with Crippen LogP contribution in [0.15, 0.2) is 18.2 Å². The van der Waals surface area contributed by atoms with Crippen LogP contribution in [-0.4, -0.2) is 9.78 Å². The molecule has 1 aromatic carbocycles. The summed E-state index contributed by atoms with van der Waals surface area (Å²) in [6.07, 6.45) is -4.45. The van der Waals surface area contributed by atoms with Gasteiger partial charge in [-0.1, -0.05) is 11.6 Å². The van der Waals surface area contributed by atoms with Crippen LogP contribution in [0.25, 0.3) is 0 Å². The molecule has 114 valence electrons. The molecule has 0 aliphatic heterocycles. The van der Waals surface area contributed by atoms with E-state index in [0.717, 1.165) is 23.0 Å². The molecule has 0 saturated heterocycles. The summed E-state index contributed by atoms with van der Waals surface area (Å²) in [5.41, 5.74) is 1.84. The number of nitrogens with one attached hydrogen (secondary N) is 1. The van der Waals surface area contributed by atoms with E-state index in [1.807, 2.05) is 13.8 Å². The first-order valence-electron chi connectivity index (χ1n) is 6.30. The molecule has 2 aromatic rings. The van der Waals surface area contributed by atoms with Gasteiger partial charge in [-0.2, -0.15) is 18.3 Å². The average molecular weight is 318 g/mol. The third-order valence-corrected chi connectivity index (χ3v) is 3.64. The standard InChI is InChI=1S/C14H15ClF3N3/c1-8-11(9(2)21(3)20-8)7-19-13-5-4-10(15)6-12(13)14(16,17)18/h4-6,19H,7H2,1-3H3. The van der Waals surface area contributed by atoms with Gasteiger partial charge in [-0.05, 0) is 32.0 Å². The maximum atomic E-state index is 13.0. The van der Waals surface area contributed by atoms with Crippen molar-refractivity contribution in [3.63, 3.8) is 0 Å². The molecule has 0 aliphatic rings. The number of aryl methyl sites for hydroxylation is 2. The predicted molar refractivity (Wildman–Crippen MR) is 76.5 cm³/mol. The van der Waals surface area contributed by atoms with Crippen molar-refractivity contribution in [3.8, 4) is 0 Å². The van der Waals surface area contributed by atoms with Gasteiger partial charge in [-0.3, -0.25) is 4.68 Å². The van der Waals surface area contributed by atoms with Crippen LogP contribution in [0.5, 0.6) is 0 Å².